The van der Waals surface area contributed by atoms with E-state index in [4.69, 9.17) is 9.47 Å². The van der Waals surface area contributed by atoms with Gasteiger partial charge in [-0.15, -0.1) is 0 Å². The van der Waals surface area contributed by atoms with Gasteiger partial charge in [0.1, 0.15) is 11.5 Å². The fourth-order valence-electron chi connectivity index (χ4n) is 2.83. The minimum Gasteiger partial charge on any atom is -0.497 e. The molecule has 0 aromatic heterocycles. The Kier molecular flexibility index (Phi) is 8.34. The van der Waals surface area contributed by atoms with E-state index in [0.717, 1.165) is 29.2 Å². The van der Waals surface area contributed by atoms with Gasteiger partial charge in [0.25, 0.3) is 0 Å². The molecule has 0 spiro atoms. The fourth-order valence-corrected chi connectivity index (χ4v) is 2.83. The standard InChI is InChI=1S/C22H28N2O4/c1-4-28-20-10-8-19(9-11-20)24(17(2)25)15-13-22(26)23-14-12-18-6-5-7-21(16-18)27-3/h5-11,16H,4,12-15H2,1-3H3,(H,23,26). The number of hydrogen-bond donors (Lipinski definition) is 1. The summed E-state index contributed by atoms with van der Waals surface area (Å²) in [4.78, 5) is 25.7. The van der Waals surface area contributed by atoms with Gasteiger partial charge in [0, 0.05) is 32.1 Å². The lowest BCUT2D eigenvalue weighted by molar-refractivity contribution is -0.121. The summed E-state index contributed by atoms with van der Waals surface area (Å²) in [5, 5.41) is 2.90. The Hall–Kier alpha value is -3.02. The van der Waals surface area contributed by atoms with E-state index in [-0.39, 0.29) is 18.2 Å². The van der Waals surface area contributed by atoms with Crippen LogP contribution < -0.4 is 19.7 Å². The number of ether oxygens (including phenoxy) is 2. The van der Waals surface area contributed by atoms with E-state index < -0.39 is 0 Å². The van der Waals surface area contributed by atoms with Crippen molar-refractivity contribution in [1.29, 1.82) is 0 Å². The van der Waals surface area contributed by atoms with Crippen molar-refractivity contribution >= 4 is 17.5 Å². The minimum atomic E-state index is -0.103. The molecule has 150 valence electrons. The highest BCUT2D eigenvalue weighted by atomic mass is 16.5. The molecule has 0 aliphatic heterocycles. The first-order valence-electron chi connectivity index (χ1n) is 9.44. The van der Waals surface area contributed by atoms with E-state index in [1.165, 1.54) is 6.92 Å². The summed E-state index contributed by atoms with van der Waals surface area (Å²) in [5.41, 5.74) is 1.85. The van der Waals surface area contributed by atoms with Crippen molar-refractivity contribution in [1.82, 2.24) is 5.32 Å². The number of rotatable bonds is 10. The van der Waals surface area contributed by atoms with Crippen molar-refractivity contribution < 1.29 is 19.1 Å². The molecule has 0 fully saturated rings. The number of anilines is 1. The molecule has 0 radical (unpaired) electrons. The van der Waals surface area contributed by atoms with Crippen LogP contribution in [0.1, 0.15) is 25.8 Å². The molecule has 0 atom stereocenters. The third kappa shape index (κ3) is 6.61. The van der Waals surface area contributed by atoms with Crippen LogP contribution in [-0.2, 0) is 16.0 Å². The minimum absolute atomic E-state index is 0.0833. The molecule has 2 rings (SSSR count). The highest BCUT2D eigenvalue weighted by Crippen LogP contribution is 2.20. The van der Waals surface area contributed by atoms with Gasteiger partial charge < -0.3 is 19.7 Å². The molecule has 2 amide bonds. The Morgan fingerprint density at radius 2 is 1.82 bits per heavy atom. The Morgan fingerprint density at radius 1 is 1.07 bits per heavy atom. The van der Waals surface area contributed by atoms with Gasteiger partial charge in [0.2, 0.25) is 11.8 Å². The van der Waals surface area contributed by atoms with Crippen LogP contribution in [-0.4, -0.2) is 38.6 Å². The molecule has 0 heterocycles. The molecular weight excluding hydrogens is 356 g/mol. The summed E-state index contributed by atoms with van der Waals surface area (Å²) in [6.07, 6.45) is 0.961. The van der Waals surface area contributed by atoms with Crippen LogP contribution in [0.4, 0.5) is 5.69 Å². The molecule has 0 aliphatic carbocycles. The number of nitrogens with one attached hydrogen (secondary N) is 1. The van der Waals surface area contributed by atoms with Gasteiger partial charge in [-0.05, 0) is 55.3 Å². The van der Waals surface area contributed by atoms with Gasteiger partial charge in [0.15, 0.2) is 0 Å². The quantitative estimate of drug-likeness (QED) is 0.683. The van der Waals surface area contributed by atoms with Crippen LogP contribution in [0.2, 0.25) is 0 Å². The zero-order valence-corrected chi connectivity index (χ0v) is 16.7. The van der Waals surface area contributed by atoms with Gasteiger partial charge in [-0.2, -0.15) is 0 Å². The summed E-state index contributed by atoms with van der Waals surface area (Å²) in [6.45, 7) is 4.87. The van der Waals surface area contributed by atoms with Crippen molar-refractivity contribution in [3.05, 3.63) is 54.1 Å². The Labute approximate surface area is 166 Å². The number of carbonyl (C=O) groups excluding carboxylic acids is 2. The molecule has 0 saturated carbocycles. The fraction of sp³-hybridized carbons (Fsp3) is 0.364. The van der Waals surface area contributed by atoms with Gasteiger partial charge in [-0.25, -0.2) is 0 Å². The number of nitrogens with zero attached hydrogens (tertiary/aromatic N) is 1. The van der Waals surface area contributed by atoms with Gasteiger partial charge >= 0.3 is 0 Å². The summed E-state index contributed by atoms with van der Waals surface area (Å²) in [7, 11) is 1.63. The molecule has 6 nitrogen and oxygen atoms in total. The average molecular weight is 384 g/mol. The van der Waals surface area contributed by atoms with Crippen molar-refractivity contribution in [2.24, 2.45) is 0 Å². The zero-order chi connectivity index (χ0) is 20.4. The van der Waals surface area contributed by atoms with E-state index in [1.807, 2.05) is 55.5 Å². The number of carbonyl (C=O) groups is 2. The van der Waals surface area contributed by atoms with Crippen LogP contribution in [0.5, 0.6) is 11.5 Å². The molecule has 0 unspecified atom stereocenters. The third-order valence-electron chi connectivity index (χ3n) is 4.27. The normalized spacial score (nSPS) is 10.2. The maximum Gasteiger partial charge on any atom is 0.223 e. The van der Waals surface area contributed by atoms with E-state index in [2.05, 4.69) is 5.32 Å². The number of hydrogen-bond acceptors (Lipinski definition) is 4. The molecular formula is C22H28N2O4. The third-order valence-corrected chi connectivity index (χ3v) is 4.27. The summed E-state index contributed by atoms with van der Waals surface area (Å²) in [5.74, 6) is 1.37. The highest BCUT2D eigenvalue weighted by Gasteiger charge is 2.13. The lowest BCUT2D eigenvalue weighted by Gasteiger charge is -2.21. The highest BCUT2D eigenvalue weighted by molar-refractivity contribution is 5.92. The summed E-state index contributed by atoms with van der Waals surface area (Å²) >= 11 is 0. The Bertz CT molecular complexity index is 774. The van der Waals surface area contributed by atoms with E-state index in [1.54, 1.807) is 12.0 Å². The molecule has 0 saturated heterocycles. The van der Waals surface area contributed by atoms with Crippen LogP contribution >= 0.6 is 0 Å². The average Bonchev–Trinajstić information content (AvgIpc) is 2.69. The van der Waals surface area contributed by atoms with E-state index in [0.29, 0.717) is 19.7 Å². The van der Waals surface area contributed by atoms with Crippen LogP contribution in [0.25, 0.3) is 0 Å². The Balaban J connectivity index is 1.82. The molecule has 2 aromatic rings. The van der Waals surface area contributed by atoms with Gasteiger partial charge in [-0.1, -0.05) is 12.1 Å². The van der Waals surface area contributed by atoms with E-state index in [9.17, 15) is 9.59 Å². The smallest absolute Gasteiger partial charge is 0.223 e. The van der Waals surface area contributed by atoms with Crippen molar-refractivity contribution in [2.45, 2.75) is 26.7 Å². The van der Waals surface area contributed by atoms with Crippen LogP contribution in [0.15, 0.2) is 48.5 Å². The van der Waals surface area contributed by atoms with Crippen molar-refractivity contribution in [3.8, 4) is 11.5 Å². The zero-order valence-electron chi connectivity index (χ0n) is 16.7. The first-order valence-corrected chi connectivity index (χ1v) is 9.44. The number of amides is 2. The van der Waals surface area contributed by atoms with Crippen molar-refractivity contribution in [3.63, 3.8) is 0 Å². The SMILES string of the molecule is CCOc1ccc(N(CCC(=O)NCCc2cccc(OC)c2)C(C)=O)cc1. The van der Waals surface area contributed by atoms with Crippen LogP contribution in [0.3, 0.4) is 0 Å². The predicted molar refractivity (Wildman–Crippen MR) is 110 cm³/mol. The van der Waals surface area contributed by atoms with E-state index >= 15 is 0 Å². The second kappa shape index (κ2) is 11.0. The topological polar surface area (TPSA) is 67.9 Å². The summed E-state index contributed by atoms with van der Waals surface area (Å²) in [6, 6.07) is 15.1. The molecule has 1 N–H and O–H groups in total. The molecule has 0 aliphatic rings. The maximum absolute atomic E-state index is 12.2. The molecule has 6 heteroatoms. The number of benzene rings is 2. The van der Waals surface area contributed by atoms with Gasteiger partial charge in [-0.3, -0.25) is 9.59 Å². The van der Waals surface area contributed by atoms with Gasteiger partial charge in [0.05, 0.1) is 13.7 Å². The maximum atomic E-state index is 12.2. The molecule has 0 bridgehead atoms. The lowest BCUT2D eigenvalue weighted by Crippen LogP contribution is -2.34. The second-order valence-corrected chi connectivity index (χ2v) is 6.30. The Morgan fingerprint density at radius 3 is 2.46 bits per heavy atom. The second-order valence-electron chi connectivity index (χ2n) is 6.30. The first-order chi connectivity index (χ1) is 13.5. The largest absolute Gasteiger partial charge is 0.497 e. The molecule has 2 aromatic carbocycles. The predicted octanol–water partition coefficient (Wildman–Crippen LogP) is 3.20. The monoisotopic (exact) mass is 384 g/mol. The number of methoxy groups -OCH3 is 1. The molecule has 28 heavy (non-hydrogen) atoms. The first kappa shape index (κ1) is 21.3. The van der Waals surface area contributed by atoms with Crippen molar-refractivity contribution in [2.75, 3.05) is 31.7 Å². The lowest BCUT2D eigenvalue weighted by atomic mass is 10.1. The summed E-state index contributed by atoms with van der Waals surface area (Å²) < 4.78 is 10.6. The van der Waals surface area contributed by atoms with Crippen LogP contribution in [0, 0.1) is 0 Å².